The van der Waals surface area contributed by atoms with Crippen molar-refractivity contribution in [2.75, 3.05) is 5.75 Å². The van der Waals surface area contributed by atoms with Crippen LogP contribution in [0.15, 0.2) is 0 Å². The lowest BCUT2D eigenvalue weighted by molar-refractivity contribution is 0.605. The van der Waals surface area contributed by atoms with Crippen molar-refractivity contribution in [3.8, 4) is 0 Å². The molecule has 2 nitrogen and oxygen atoms in total. The maximum atomic E-state index is 10.4. The Morgan fingerprint density at radius 3 is 2.30 bits per heavy atom. The van der Waals surface area contributed by atoms with E-state index in [1.807, 2.05) is 6.92 Å². The van der Waals surface area contributed by atoms with Crippen molar-refractivity contribution < 1.29 is 8.42 Å². The molecular formula is C5H10Cl2O2S. The van der Waals surface area contributed by atoms with E-state index in [-0.39, 0.29) is 11.1 Å². The summed E-state index contributed by atoms with van der Waals surface area (Å²) in [4.78, 5) is 0. The third kappa shape index (κ3) is 6.65. The predicted molar refractivity (Wildman–Crippen MR) is 44.2 cm³/mol. The van der Waals surface area contributed by atoms with Crippen molar-refractivity contribution in [3.05, 3.63) is 0 Å². The lowest BCUT2D eigenvalue weighted by atomic mass is 10.3. The second kappa shape index (κ2) is 4.42. The highest BCUT2D eigenvalue weighted by Gasteiger charge is 2.12. The van der Waals surface area contributed by atoms with Crippen LogP contribution in [0.4, 0.5) is 0 Å². The largest absolute Gasteiger partial charge is 0.234 e. The molecule has 0 fully saturated rings. The number of halogens is 2. The highest BCUT2D eigenvalue weighted by Crippen LogP contribution is 2.10. The van der Waals surface area contributed by atoms with E-state index in [2.05, 4.69) is 0 Å². The smallest absolute Gasteiger partial charge is 0.212 e. The van der Waals surface area contributed by atoms with Gasteiger partial charge in [-0.15, -0.1) is 11.6 Å². The van der Waals surface area contributed by atoms with E-state index in [9.17, 15) is 8.42 Å². The van der Waals surface area contributed by atoms with Gasteiger partial charge in [-0.1, -0.05) is 13.3 Å². The summed E-state index contributed by atoms with van der Waals surface area (Å²) in [7, 11) is 1.55. The van der Waals surface area contributed by atoms with E-state index in [1.54, 1.807) is 0 Å². The molecule has 10 heavy (non-hydrogen) atoms. The van der Waals surface area contributed by atoms with Crippen LogP contribution in [0.25, 0.3) is 0 Å². The molecule has 1 unspecified atom stereocenters. The van der Waals surface area contributed by atoms with E-state index >= 15 is 0 Å². The van der Waals surface area contributed by atoms with E-state index in [0.29, 0.717) is 6.42 Å². The standard InChI is InChI=1S/C5H10Cl2O2S/c1-2-3-5(6)4-10(7,8)9/h5H,2-4H2,1H3. The van der Waals surface area contributed by atoms with Crippen LogP contribution in [0, 0.1) is 0 Å². The lowest BCUT2D eigenvalue weighted by Gasteiger charge is -2.02. The molecule has 62 valence electrons. The maximum absolute atomic E-state index is 10.4. The topological polar surface area (TPSA) is 34.1 Å². The summed E-state index contributed by atoms with van der Waals surface area (Å²) in [5.74, 6) is -0.135. The molecule has 0 aromatic heterocycles. The van der Waals surface area contributed by atoms with E-state index in [1.165, 1.54) is 0 Å². The molecule has 0 aliphatic heterocycles. The molecule has 0 heterocycles. The predicted octanol–water partition coefficient (Wildman–Crippen LogP) is 1.96. The van der Waals surface area contributed by atoms with Crippen LogP contribution in [0.5, 0.6) is 0 Å². The van der Waals surface area contributed by atoms with Crippen LogP contribution in [-0.2, 0) is 9.05 Å². The number of alkyl halides is 1. The van der Waals surface area contributed by atoms with Crippen molar-refractivity contribution in [1.82, 2.24) is 0 Å². The highest BCUT2D eigenvalue weighted by molar-refractivity contribution is 8.13. The van der Waals surface area contributed by atoms with Crippen molar-refractivity contribution in [1.29, 1.82) is 0 Å². The second-order valence-corrected chi connectivity index (χ2v) is 5.53. The van der Waals surface area contributed by atoms with Gasteiger partial charge >= 0.3 is 0 Å². The van der Waals surface area contributed by atoms with Crippen molar-refractivity contribution >= 4 is 31.3 Å². The van der Waals surface area contributed by atoms with Gasteiger partial charge in [0.1, 0.15) is 0 Å². The zero-order valence-electron chi connectivity index (χ0n) is 5.68. The Hall–Kier alpha value is 0.530. The first-order chi connectivity index (χ1) is 4.45. The Morgan fingerprint density at radius 1 is 1.50 bits per heavy atom. The fourth-order valence-electron chi connectivity index (χ4n) is 0.613. The van der Waals surface area contributed by atoms with Crippen LogP contribution >= 0.6 is 22.3 Å². The minimum atomic E-state index is -3.41. The van der Waals surface area contributed by atoms with E-state index in [0.717, 1.165) is 6.42 Å². The average Bonchev–Trinajstić information content (AvgIpc) is 1.59. The number of hydrogen-bond acceptors (Lipinski definition) is 2. The van der Waals surface area contributed by atoms with E-state index < -0.39 is 9.05 Å². The first-order valence-corrected chi connectivity index (χ1v) is 5.93. The summed E-state index contributed by atoms with van der Waals surface area (Å²) < 4.78 is 20.8. The molecule has 0 amide bonds. The van der Waals surface area contributed by atoms with Gasteiger partial charge < -0.3 is 0 Å². The minimum absolute atomic E-state index is 0.135. The molecule has 0 rings (SSSR count). The van der Waals surface area contributed by atoms with Gasteiger partial charge in [0.05, 0.1) is 5.75 Å². The summed E-state index contributed by atoms with van der Waals surface area (Å²) in [5, 5.41) is -0.340. The van der Waals surface area contributed by atoms with Crippen LogP contribution < -0.4 is 0 Å². The van der Waals surface area contributed by atoms with Gasteiger partial charge in [0.25, 0.3) is 0 Å². The third-order valence-corrected chi connectivity index (χ3v) is 2.72. The highest BCUT2D eigenvalue weighted by atomic mass is 35.7. The van der Waals surface area contributed by atoms with Gasteiger partial charge in [0.15, 0.2) is 0 Å². The SMILES string of the molecule is CCCC(Cl)CS(=O)(=O)Cl. The molecule has 0 N–H and O–H groups in total. The van der Waals surface area contributed by atoms with Gasteiger partial charge in [-0.3, -0.25) is 0 Å². The Balaban J connectivity index is 3.69. The van der Waals surface area contributed by atoms with Gasteiger partial charge in [-0.05, 0) is 6.42 Å². The molecule has 0 saturated carbocycles. The summed E-state index contributed by atoms with van der Waals surface area (Å²) in [5.41, 5.74) is 0. The van der Waals surface area contributed by atoms with Gasteiger partial charge in [-0.25, -0.2) is 8.42 Å². The van der Waals surface area contributed by atoms with Gasteiger partial charge in [-0.2, -0.15) is 0 Å². The number of rotatable bonds is 4. The monoisotopic (exact) mass is 204 g/mol. The summed E-state index contributed by atoms with van der Waals surface area (Å²) >= 11 is 5.60. The first kappa shape index (κ1) is 10.5. The fourth-order valence-corrected chi connectivity index (χ4v) is 2.58. The van der Waals surface area contributed by atoms with Crippen LogP contribution in [0.2, 0.25) is 0 Å². The van der Waals surface area contributed by atoms with Crippen LogP contribution in [-0.4, -0.2) is 19.5 Å². The Kier molecular flexibility index (Phi) is 4.65. The Morgan fingerprint density at radius 2 is 2.00 bits per heavy atom. The Labute approximate surface area is 70.9 Å². The van der Waals surface area contributed by atoms with Gasteiger partial charge in [0, 0.05) is 16.1 Å². The zero-order valence-corrected chi connectivity index (χ0v) is 8.01. The maximum Gasteiger partial charge on any atom is 0.234 e. The first-order valence-electron chi connectivity index (χ1n) is 3.02. The van der Waals surface area contributed by atoms with Crippen LogP contribution in [0.1, 0.15) is 19.8 Å². The molecule has 0 aromatic carbocycles. The van der Waals surface area contributed by atoms with E-state index in [4.69, 9.17) is 22.3 Å². The van der Waals surface area contributed by atoms with Crippen molar-refractivity contribution in [2.24, 2.45) is 0 Å². The molecular weight excluding hydrogens is 195 g/mol. The third-order valence-electron chi connectivity index (χ3n) is 0.982. The molecule has 0 aliphatic rings. The minimum Gasteiger partial charge on any atom is -0.212 e. The molecule has 5 heteroatoms. The molecule has 0 aliphatic carbocycles. The summed E-state index contributed by atoms with van der Waals surface area (Å²) in [6.45, 7) is 1.94. The molecule has 0 aromatic rings. The normalized spacial score (nSPS) is 15.1. The number of hydrogen-bond donors (Lipinski definition) is 0. The second-order valence-electron chi connectivity index (χ2n) is 2.09. The molecule has 0 bridgehead atoms. The quantitative estimate of drug-likeness (QED) is 0.519. The fraction of sp³-hybridized carbons (Fsp3) is 1.00. The Bertz CT molecular complexity index is 176. The molecule has 1 atom stereocenters. The van der Waals surface area contributed by atoms with Gasteiger partial charge in [0.2, 0.25) is 9.05 Å². The van der Waals surface area contributed by atoms with Crippen molar-refractivity contribution in [3.63, 3.8) is 0 Å². The molecule has 0 radical (unpaired) electrons. The van der Waals surface area contributed by atoms with Crippen LogP contribution in [0.3, 0.4) is 0 Å². The lowest BCUT2D eigenvalue weighted by Crippen LogP contribution is -2.10. The summed E-state index contributed by atoms with van der Waals surface area (Å²) in [6.07, 6.45) is 1.56. The summed E-state index contributed by atoms with van der Waals surface area (Å²) in [6, 6.07) is 0. The van der Waals surface area contributed by atoms with Crippen molar-refractivity contribution in [2.45, 2.75) is 25.1 Å². The molecule has 0 saturated heterocycles. The molecule has 0 spiro atoms. The average molecular weight is 205 g/mol. The zero-order chi connectivity index (χ0) is 8.20.